The predicted molar refractivity (Wildman–Crippen MR) is 66.3 cm³/mol. The fourth-order valence-electron chi connectivity index (χ4n) is 1.95. The second kappa shape index (κ2) is 5.05. The van der Waals surface area contributed by atoms with Gasteiger partial charge in [-0.05, 0) is 37.2 Å². The summed E-state index contributed by atoms with van der Waals surface area (Å²) in [4.78, 5) is 13.5. The van der Waals surface area contributed by atoms with Crippen molar-refractivity contribution in [1.82, 2.24) is 5.32 Å². The normalized spacial score (nSPS) is 19.3. The lowest BCUT2D eigenvalue weighted by atomic mass is 10.2. The zero-order valence-corrected chi connectivity index (χ0v) is 9.85. The number of carbonyl (C=O) groups is 1. The van der Waals surface area contributed by atoms with E-state index in [2.05, 4.69) is 5.32 Å². The third kappa shape index (κ3) is 2.50. The molecule has 2 rings (SSSR count). The van der Waals surface area contributed by atoms with E-state index in [0.717, 1.165) is 17.9 Å². The van der Waals surface area contributed by atoms with Crippen molar-refractivity contribution in [2.24, 2.45) is 5.73 Å². The van der Waals surface area contributed by atoms with Gasteiger partial charge >= 0.3 is 6.03 Å². The average Bonchev–Trinajstić information content (AvgIpc) is 2.71. The Morgan fingerprint density at radius 2 is 2.18 bits per heavy atom. The van der Waals surface area contributed by atoms with Crippen LogP contribution in [0.15, 0.2) is 24.3 Å². The van der Waals surface area contributed by atoms with Gasteiger partial charge in [0.2, 0.25) is 0 Å². The molecule has 0 bridgehead atoms. The van der Waals surface area contributed by atoms with E-state index in [-0.39, 0.29) is 12.1 Å². The summed E-state index contributed by atoms with van der Waals surface area (Å²) in [5.74, 6) is 0.784. The summed E-state index contributed by atoms with van der Waals surface area (Å²) >= 11 is 0. The van der Waals surface area contributed by atoms with Gasteiger partial charge in [-0.25, -0.2) is 4.79 Å². The molecule has 5 heteroatoms. The highest BCUT2D eigenvalue weighted by Gasteiger charge is 2.28. The van der Waals surface area contributed by atoms with E-state index < -0.39 is 0 Å². The number of nitrogens with zero attached hydrogens (tertiary/aromatic N) is 1. The van der Waals surface area contributed by atoms with Crippen LogP contribution >= 0.6 is 0 Å². The van der Waals surface area contributed by atoms with Gasteiger partial charge in [0.25, 0.3) is 0 Å². The number of methoxy groups -OCH3 is 1. The number of hydrogen-bond donors (Lipinski definition) is 2. The molecule has 2 amide bonds. The second-order valence-corrected chi connectivity index (χ2v) is 4.03. The Labute approximate surface area is 101 Å². The molecule has 0 radical (unpaired) electrons. The minimum absolute atomic E-state index is 0.0615. The molecule has 1 unspecified atom stereocenters. The van der Waals surface area contributed by atoms with Gasteiger partial charge in [0.1, 0.15) is 5.75 Å². The highest BCUT2D eigenvalue weighted by atomic mass is 16.5. The highest BCUT2D eigenvalue weighted by molar-refractivity contribution is 5.94. The summed E-state index contributed by atoms with van der Waals surface area (Å²) < 4.78 is 5.08. The van der Waals surface area contributed by atoms with E-state index in [1.165, 1.54) is 0 Å². The minimum Gasteiger partial charge on any atom is -0.497 e. The smallest absolute Gasteiger partial charge is 0.322 e. The van der Waals surface area contributed by atoms with Gasteiger partial charge < -0.3 is 15.8 Å². The van der Waals surface area contributed by atoms with Gasteiger partial charge in [0.15, 0.2) is 0 Å². The molecule has 3 N–H and O–H groups in total. The van der Waals surface area contributed by atoms with Crippen molar-refractivity contribution in [3.63, 3.8) is 0 Å². The Morgan fingerprint density at radius 3 is 2.76 bits per heavy atom. The molecule has 1 aliphatic rings. The first-order valence-corrected chi connectivity index (χ1v) is 5.66. The Morgan fingerprint density at radius 1 is 1.47 bits per heavy atom. The van der Waals surface area contributed by atoms with Crippen molar-refractivity contribution in [3.05, 3.63) is 24.3 Å². The molecular formula is C12H17N3O2. The fraction of sp³-hybridized carbons (Fsp3) is 0.417. The molecule has 92 valence electrons. The summed E-state index contributed by atoms with van der Waals surface area (Å²) in [6.45, 7) is 1.25. The van der Waals surface area contributed by atoms with Crippen LogP contribution in [0.25, 0.3) is 0 Å². The molecule has 17 heavy (non-hydrogen) atoms. The van der Waals surface area contributed by atoms with Gasteiger partial charge in [-0.2, -0.15) is 0 Å². The van der Waals surface area contributed by atoms with Crippen LogP contribution < -0.4 is 20.7 Å². The van der Waals surface area contributed by atoms with Crippen molar-refractivity contribution < 1.29 is 9.53 Å². The first-order chi connectivity index (χ1) is 8.24. The number of carbonyl (C=O) groups excluding carboxylic acids is 1. The average molecular weight is 235 g/mol. The molecule has 0 spiro atoms. The largest absolute Gasteiger partial charge is 0.497 e. The number of anilines is 1. The monoisotopic (exact) mass is 235 g/mol. The van der Waals surface area contributed by atoms with E-state index in [9.17, 15) is 4.79 Å². The Hall–Kier alpha value is -1.75. The van der Waals surface area contributed by atoms with Crippen LogP contribution in [0.1, 0.15) is 6.42 Å². The lowest BCUT2D eigenvalue weighted by Gasteiger charge is -2.15. The molecule has 1 fully saturated rings. The number of rotatable bonds is 4. The summed E-state index contributed by atoms with van der Waals surface area (Å²) in [6.07, 6.45) is 0.804. The summed E-state index contributed by atoms with van der Waals surface area (Å²) in [6, 6.07) is 7.53. The Bertz CT molecular complexity index is 391. The number of hydrogen-bond acceptors (Lipinski definition) is 3. The molecule has 5 nitrogen and oxygen atoms in total. The summed E-state index contributed by atoms with van der Waals surface area (Å²) in [7, 11) is 1.62. The Balaban J connectivity index is 2.08. The van der Waals surface area contributed by atoms with E-state index in [4.69, 9.17) is 10.5 Å². The van der Waals surface area contributed by atoms with E-state index in [1.54, 1.807) is 12.0 Å². The first kappa shape index (κ1) is 11.7. The number of urea groups is 1. The van der Waals surface area contributed by atoms with Crippen LogP contribution in [-0.4, -0.2) is 32.3 Å². The summed E-state index contributed by atoms with van der Waals surface area (Å²) in [5, 5.41) is 2.91. The standard InChI is InChI=1S/C12H17N3O2/c1-17-11-4-2-10(3-5-11)15-8-9(6-7-13)14-12(15)16/h2-5,9H,6-8,13H2,1H3,(H,14,16). The third-order valence-corrected chi connectivity index (χ3v) is 2.87. The highest BCUT2D eigenvalue weighted by Crippen LogP contribution is 2.22. The Kier molecular flexibility index (Phi) is 3.49. The van der Waals surface area contributed by atoms with E-state index >= 15 is 0 Å². The topological polar surface area (TPSA) is 67.6 Å². The molecule has 1 heterocycles. The van der Waals surface area contributed by atoms with Crippen LogP contribution in [0.2, 0.25) is 0 Å². The third-order valence-electron chi connectivity index (χ3n) is 2.87. The van der Waals surface area contributed by atoms with Gasteiger partial charge in [0.05, 0.1) is 7.11 Å². The molecule has 1 saturated heterocycles. The van der Waals surface area contributed by atoms with Crippen molar-refractivity contribution in [2.75, 3.05) is 25.1 Å². The molecule has 0 aliphatic carbocycles. The number of ether oxygens (including phenoxy) is 1. The zero-order chi connectivity index (χ0) is 12.3. The molecule has 1 aromatic rings. The lowest BCUT2D eigenvalue weighted by Crippen LogP contribution is -2.29. The van der Waals surface area contributed by atoms with Crippen molar-refractivity contribution in [1.29, 1.82) is 0 Å². The molecule has 1 aromatic carbocycles. The second-order valence-electron chi connectivity index (χ2n) is 4.03. The summed E-state index contributed by atoms with van der Waals surface area (Å²) in [5.41, 5.74) is 6.37. The van der Waals surface area contributed by atoms with Gasteiger partial charge in [-0.3, -0.25) is 4.90 Å². The predicted octanol–water partition coefficient (Wildman–Crippen LogP) is 0.942. The fourth-order valence-corrected chi connectivity index (χ4v) is 1.95. The van der Waals surface area contributed by atoms with Crippen LogP contribution in [0, 0.1) is 0 Å². The molecular weight excluding hydrogens is 218 g/mol. The molecule has 0 aromatic heterocycles. The quantitative estimate of drug-likeness (QED) is 0.816. The lowest BCUT2D eigenvalue weighted by molar-refractivity contribution is 0.250. The maximum absolute atomic E-state index is 11.8. The van der Waals surface area contributed by atoms with Gasteiger partial charge in [0, 0.05) is 18.3 Å². The number of nitrogens with one attached hydrogen (secondary N) is 1. The molecule has 0 saturated carbocycles. The zero-order valence-electron chi connectivity index (χ0n) is 9.85. The SMILES string of the molecule is COc1ccc(N2CC(CCN)NC2=O)cc1. The maximum Gasteiger partial charge on any atom is 0.322 e. The van der Waals surface area contributed by atoms with Crippen molar-refractivity contribution >= 4 is 11.7 Å². The number of nitrogens with two attached hydrogens (primary N) is 1. The van der Waals surface area contributed by atoms with Crippen molar-refractivity contribution in [2.45, 2.75) is 12.5 Å². The van der Waals surface area contributed by atoms with Crippen LogP contribution in [0.5, 0.6) is 5.75 Å². The maximum atomic E-state index is 11.8. The van der Waals surface area contributed by atoms with Crippen LogP contribution in [0.4, 0.5) is 10.5 Å². The number of amides is 2. The van der Waals surface area contributed by atoms with Crippen molar-refractivity contribution in [3.8, 4) is 5.75 Å². The van der Waals surface area contributed by atoms with Crippen LogP contribution in [0.3, 0.4) is 0 Å². The molecule has 1 atom stereocenters. The molecule has 1 aliphatic heterocycles. The number of benzene rings is 1. The van der Waals surface area contributed by atoms with E-state index in [1.807, 2.05) is 24.3 Å². The van der Waals surface area contributed by atoms with Gasteiger partial charge in [-0.15, -0.1) is 0 Å². The van der Waals surface area contributed by atoms with E-state index in [0.29, 0.717) is 13.1 Å². The minimum atomic E-state index is -0.0615. The van der Waals surface area contributed by atoms with Crippen LogP contribution in [-0.2, 0) is 0 Å². The van der Waals surface area contributed by atoms with Gasteiger partial charge in [-0.1, -0.05) is 0 Å². The first-order valence-electron chi connectivity index (χ1n) is 5.66.